The molecule has 6 heteroatoms. The van der Waals surface area contributed by atoms with E-state index in [9.17, 15) is 13.2 Å². The zero-order valence-corrected chi connectivity index (χ0v) is 11.3. The molecule has 0 aliphatic heterocycles. The van der Waals surface area contributed by atoms with Gasteiger partial charge in [0.1, 0.15) is 5.69 Å². The zero-order valence-electron chi connectivity index (χ0n) is 10.5. The second-order valence-corrected chi connectivity index (χ2v) is 4.35. The zero-order chi connectivity index (χ0) is 14.3. The Hall–Kier alpha value is -1.56. The average molecular weight is 286 g/mol. The summed E-state index contributed by atoms with van der Waals surface area (Å²) in [6.45, 7) is 0. The van der Waals surface area contributed by atoms with E-state index in [1.807, 2.05) is 12.5 Å². The van der Waals surface area contributed by atoms with Crippen molar-refractivity contribution in [1.82, 2.24) is 9.97 Å². The minimum atomic E-state index is -4.43. The van der Waals surface area contributed by atoms with E-state index in [1.165, 1.54) is 18.3 Å². The standard InChI is InChI=1S/C11H7F3N2.C2H6S/c12-11(13,14)10-6-3-5-9(16-10)8-4-1-2-7-15-8;1-3-2/h1-7H;1-2H3. The molecule has 0 bridgehead atoms. The fourth-order valence-corrected chi connectivity index (χ4v) is 1.25. The molecule has 0 atom stereocenters. The molecule has 0 unspecified atom stereocenters. The Kier molecular flexibility index (Phi) is 5.82. The van der Waals surface area contributed by atoms with Crippen molar-refractivity contribution in [2.45, 2.75) is 6.18 Å². The van der Waals surface area contributed by atoms with Gasteiger partial charge in [-0.25, -0.2) is 4.98 Å². The Bertz CT molecular complexity index is 501. The largest absolute Gasteiger partial charge is 0.433 e. The van der Waals surface area contributed by atoms with Crippen molar-refractivity contribution in [1.29, 1.82) is 0 Å². The maximum Gasteiger partial charge on any atom is 0.433 e. The van der Waals surface area contributed by atoms with Gasteiger partial charge in [0.05, 0.1) is 11.4 Å². The molecule has 0 aliphatic carbocycles. The van der Waals surface area contributed by atoms with Gasteiger partial charge < -0.3 is 0 Å². The highest BCUT2D eigenvalue weighted by molar-refractivity contribution is 7.97. The minimum absolute atomic E-state index is 0.218. The average Bonchev–Trinajstić information content (AvgIpc) is 2.40. The third kappa shape index (κ3) is 4.90. The molecule has 0 saturated carbocycles. The van der Waals surface area contributed by atoms with Crippen LogP contribution in [0, 0.1) is 0 Å². The second kappa shape index (κ2) is 7.13. The molecule has 0 aliphatic rings. The van der Waals surface area contributed by atoms with Crippen molar-refractivity contribution in [3.8, 4) is 11.4 Å². The number of thioether (sulfide) groups is 1. The van der Waals surface area contributed by atoms with Crippen LogP contribution < -0.4 is 0 Å². The van der Waals surface area contributed by atoms with E-state index >= 15 is 0 Å². The smallest absolute Gasteiger partial charge is 0.255 e. The highest BCUT2D eigenvalue weighted by Crippen LogP contribution is 2.28. The number of hydrogen-bond acceptors (Lipinski definition) is 3. The highest BCUT2D eigenvalue weighted by atomic mass is 32.2. The van der Waals surface area contributed by atoms with Crippen LogP contribution in [0.25, 0.3) is 11.4 Å². The van der Waals surface area contributed by atoms with E-state index < -0.39 is 11.9 Å². The van der Waals surface area contributed by atoms with Crippen LogP contribution in [0.3, 0.4) is 0 Å². The lowest BCUT2D eigenvalue weighted by atomic mass is 10.2. The normalized spacial score (nSPS) is 10.6. The van der Waals surface area contributed by atoms with Gasteiger partial charge >= 0.3 is 6.18 Å². The number of alkyl halides is 3. The Balaban J connectivity index is 0.000000550. The van der Waals surface area contributed by atoms with Crippen LogP contribution in [-0.4, -0.2) is 22.5 Å². The van der Waals surface area contributed by atoms with Gasteiger partial charge in [-0.05, 0) is 36.8 Å². The monoisotopic (exact) mass is 286 g/mol. The SMILES string of the molecule is CSC.FC(F)(F)c1cccc(-c2ccccn2)n1. The van der Waals surface area contributed by atoms with Gasteiger partial charge in [0.25, 0.3) is 0 Å². The van der Waals surface area contributed by atoms with Crippen LogP contribution in [0.15, 0.2) is 42.6 Å². The first kappa shape index (κ1) is 15.5. The molecule has 2 aromatic rings. The van der Waals surface area contributed by atoms with Crippen LogP contribution in [0.2, 0.25) is 0 Å². The van der Waals surface area contributed by atoms with Crippen LogP contribution in [-0.2, 0) is 6.18 Å². The van der Waals surface area contributed by atoms with E-state index in [0.29, 0.717) is 5.69 Å². The predicted octanol–water partition coefficient (Wildman–Crippen LogP) is 4.14. The van der Waals surface area contributed by atoms with Gasteiger partial charge in [-0.3, -0.25) is 4.98 Å². The number of hydrogen-bond donors (Lipinski definition) is 0. The fourth-order valence-electron chi connectivity index (χ4n) is 1.25. The summed E-state index contributed by atoms with van der Waals surface area (Å²) in [6.07, 6.45) is 1.17. The van der Waals surface area contributed by atoms with E-state index in [0.717, 1.165) is 6.07 Å². The van der Waals surface area contributed by atoms with Gasteiger partial charge in [-0.2, -0.15) is 24.9 Å². The molecule has 0 radical (unpaired) electrons. The lowest BCUT2D eigenvalue weighted by Gasteiger charge is -2.06. The van der Waals surface area contributed by atoms with Crippen LogP contribution >= 0.6 is 11.8 Å². The predicted molar refractivity (Wildman–Crippen MR) is 71.9 cm³/mol. The van der Waals surface area contributed by atoms with Crippen LogP contribution in [0.1, 0.15) is 5.69 Å². The summed E-state index contributed by atoms with van der Waals surface area (Å²) in [5.74, 6) is 0. The van der Waals surface area contributed by atoms with Gasteiger partial charge in [0, 0.05) is 6.20 Å². The number of halogens is 3. The molecule has 2 heterocycles. The number of pyridine rings is 2. The van der Waals surface area contributed by atoms with Crippen LogP contribution in [0.5, 0.6) is 0 Å². The molecule has 2 nitrogen and oxygen atoms in total. The lowest BCUT2D eigenvalue weighted by Crippen LogP contribution is -2.08. The molecule has 102 valence electrons. The molecule has 2 rings (SSSR count). The molecular weight excluding hydrogens is 273 g/mol. The van der Waals surface area contributed by atoms with Crippen molar-refractivity contribution < 1.29 is 13.2 Å². The summed E-state index contributed by atoms with van der Waals surface area (Å²) < 4.78 is 37.2. The van der Waals surface area contributed by atoms with E-state index in [-0.39, 0.29) is 5.69 Å². The van der Waals surface area contributed by atoms with E-state index in [4.69, 9.17) is 0 Å². The first-order valence-electron chi connectivity index (χ1n) is 5.35. The van der Waals surface area contributed by atoms with Crippen molar-refractivity contribution in [3.05, 3.63) is 48.3 Å². The summed E-state index contributed by atoms with van der Waals surface area (Å²) >= 11 is 1.75. The number of nitrogens with zero attached hydrogens (tertiary/aromatic N) is 2. The third-order valence-electron chi connectivity index (χ3n) is 1.97. The van der Waals surface area contributed by atoms with Gasteiger partial charge in [-0.1, -0.05) is 12.1 Å². The third-order valence-corrected chi connectivity index (χ3v) is 1.97. The van der Waals surface area contributed by atoms with Crippen LogP contribution in [0.4, 0.5) is 13.2 Å². The van der Waals surface area contributed by atoms with E-state index in [2.05, 4.69) is 9.97 Å². The Morgan fingerprint density at radius 3 is 2.11 bits per heavy atom. The Morgan fingerprint density at radius 2 is 1.58 bits per heavy atom. The van der Waals surface area contributed by atoms with Crippen molar-refractivity contribution >= 4 is 11.8 Å². The van der Waals surface area contributed by atoms with E-state index in [1.54, 1.807) is 30.0 Å². The summed E-state index contributed by atoms with van der Waals surface area (Å²) in [6, 6.07) is 8.76. The highest BCUT2D eigenvalue weighted by Gasteiger charge is 2.32. The molecule has 0 saturated heterocycles. The van der Waals surface area contributed by atoms with Crippen molar-refractivity contribution in [2.75, 3.05) is 12.5 Å². The van der Waals surface area contributed by atoms with Gasteiger partial charge in [-0.15, -0.1) is 0 Å². The van der Waals surface area contributed by atoms with Crippen molar-refractivity contribution in [3.63, 3.8) is 0 Å². The summed E-state index contributed by atoms with van der Waals surface area (Å²) in [5, 5.41) is 0. The first-order valence-corrected chi connectivity index (χ1v) is 6.98. The molecule has 0 spiro atoms. The maximum absolute atomic E-state index is 12.4. The summed E-state index contributed by atoms with van der Waals surface area (Å²) in [7, 11) is 0. The molecule has 0 amide bonds. The number of aromatic nitrogens is 2. The molecule has 2 aromatic heterocycles. The first-order chi connectivity index (χ1) is 8.99. The molecule has 0 aromatic carbocycles. The second-order valence-electron chi connectivity index (χ2n) is 3.53. The molecule has 19 heavy (non-hydrogen) atoms. The summed E-state index contributed by atoms with van der Waals surface area (Å²) in [5.41, 5.74) is -0.264. The molecular formula is C13H13F3N2S. The minimum Gasteiger partial charge on any atom is -0.255 e. The lowest BCUT2D eigenvalue weighted by molar-refractivity contribution is -0.141. The fraction of sp³-hybridized carbons (Fsp3) is 0.231. The molecule has 0 N–H and O–H groups in total. The quantitative estimate of drug-likeness (QED) is 0.788. The topological polar surface area (TPSA) is 25.8 Å². The van der Waals surface area contributed by atoms with Crippen molar-refractivity contribution in [2.24, 2.45) is 0 Å². The maximum atomic E-state index is 12.4. The Morgan fingerprint density at radius 1 is 0.947 bits per heavy atom. The van der Waals surface area contributed by atoms with Gasteiger partial charge in [0.15, 0.2) is 0 Å². The molecule has 0 fully saturated rings. The van der Waals surface area contributed by atoms with Gasteiger partial charge in [0.2, 0.25) is 0 Å². The number of rotatable bonds is 1. The Labute approximate surface area is 114 Å². The summed E-state index contributed by atoms with van der Waals surface area (Å²) in [4.78, 5) is 7.47.